The van der Waals surface area contributed by atoms with Crippen LogP contribution in [0.15, 0.2) is 48.1 Å². The van der Waals surface area contributed by atoms with Gasteiger partial charge in [0.25, 0.3) is 0 Å². The Morgan fingerprint density at radius 1 is 1.37 bits per heavy atom. The van der Waals surface area contributed by atoms with Gasteiger partial charge in [0.2, 0.25) is 0 Å². The van der Waals surface area contributed by atoms with Crippen LogP contribution in [0.2, 0.25) is 0 Å². The lowest BCUT2D eigenvalue weighted by molar-refractivity contribution is 0.215. The third kappa shape index (κ3) is 3.44. The highest BCUT2D eigenvalue weighted by Gasteiger charge is 2.11. The molecule has 2 aromatic rings. The minimum atomic E-state index is 0.348. The molecule has 1 aromatic heterocycles. The van der Waals surface area contributed by atoms with Gasteiger partial charge < -0.3 is 9.40 Å². The molecule has 4 nitrogen and oxygen atoms in total. The predicted molar refractivity (Wildman–Crippen MR) is 76.3 cm³/mol. The maximum Gasteiger partial charge on any atom is 0.106 e. The van der Waals surface area contributed by atoms with Crippen LogP contribution in [-0.2, 0) is 4.84 Å². The average molecular weight is 257 g/mol. The van der Waals surface area contributed by atoms with Crippen molar-refractivity contribution in [3.8, 4) is 0 Å². The molecule has 19 heavy (non-hydrogen) atoms. The van der Waals surface area contributed by atoms with Crippen molar-refractivity contribution < 1.29 is 4.84 Å². The summed E-state index contributed by atoms with van der Waals surface area (Å²) in [5.74, 6) is 0. The summed E-state index contributed by atoms with van der Waals surface area (Å²) in [4.78, 5) is 8.81. The number of imidazole rings is 1. The molecule has 1 heterocycles. The van der Waals surface area contributed by atoms with Crippen LogP contribution in [0, 0.1) is 0 Å². The number of aromatic nitrogens is 2. The molecule has 0 radical (unpaired) electrons. The topological polar surface area (TPSA) is 39.4 Å². The van der Waals surface area contributed by atoms with Gasteiger partial charge in [0.1, 0.15) is 7.11 Å². The van der Waals surface area contributed by atoms with E-state index in [1.54, 1.807) is 13.3 Å². The highest BCUT2D eigenvalue weighted by Crippen LogP contribution is 2.23. The van der Waals surface area contributed by atoms with Gasteiger partial charge >= 0.3 is 0 Å². The van der Waals surface area contributed by atoms with Gasteiger partial charge in [-0.25, -0.2) is 4.98 Å². The van der Waals surface area contributed by atoms with Crippen molar-refractivity contribution in [3.63, 3.8) is 0 Å². The van der Waals surface area contributed by atoms with Gasteiger partial charge in [-0.15, -0.1) is 0 Å². The largest absolute Gasteiger partial charge is 0.399 e. The van der Waals surface area contributed by atoms with Gasteiger partial charge in [-0.05, 0) is 17.5 Å². The zero-order chi connectivity index (χ0) is 13.5. The first kappa shape index (κ1) is 13.3. The number of benzene rings is 1. The van der Waals surface area contributed by atoms with Crippen LogP contribution in [-0.4, -0.2) is 22.9 Å². The summed E-state index contributed by atoms with van der Waals surface area (Å²) >= 11 is 0. The molecule has 0 N–H and O–H groups in total. The van der Waals surface area contributed by atoms with Crippen molar-refractivity contribution in [2.24, 2.45) is 5.16 Å². The first-order valence-corrected chi connectivity index (χ1v) is 6.49. The Morgan fingerprint density at radius 3 is 2.74 bits per heavy atom. The van der Waals surface area contributed by atoms with Gasteiger partial charge in [-0.3, -0.25) is 0 Å². The molecular formula is C15H19N3O. The van der Waals surface area contributed by atoms with E-state index in [9.17, 15) is 0 Å². The molecule has 100 valence electrons. The van der Waals surface area contributed by atoms with Crippen molar-refractivity contribution in [1.82, 2.24) is 9.55 Å². The Bertz CT molecular complexity index is 503. The molecular weight excluding hydrogens is 238 g/mol. The smallest absolute Gasteiger partial charge is 0.106 e. The Balaban J connectivity index is 2.20. The van der Waals surface area contributed by atoms with E-state index in [1.807, 2.05) is 18.7 Å². The van der Waals surface area contributed by atoms with Crippen LogP contribution in [0.4, 0.5) is 0 Å². The summed E-state index contributed by atoms with van der Waals surface area (Å²) in [6, 6.07) is 8.73. The molecule has 0 aliphatic heterocycles. The van der Waals surface area contributed by atoms with Crippen molar-refractivity contribution in [2.75, 3.05) is 7.11 Å². The van der Waals surface area contributed by atoms with Crippen LogP contribution >= 0.6 is 0 Å². The molecule has 1 aromatic carbocycles. The third-order valence-corrected chi connectivity index (χ3v) is 3.08. The normalized spacial score (nSPS) is 12.7. The van der Waals surface area contributed by atoms with E-state index >= 15 is 0 Å². The predicted octanol–water partition coefficient (Wildman–Crippen LogP) is 3.25. The summed E-state index contributed by atoms with van der Waals surface area (Å²) in [5, 5.41) is 3.76. The maximum absolute atomic E-state index is 4.68. The van der Waals surface area contributed by atoms with Gasteiger partial charge in [0, 0.05) is 12.4 Å². The summed E-state index contributed by atoms with van der Waals surface area (Å²) < 4.78 is 2.15. The van der Waals surface area contributed by atoms with Crippen molar-refractivity contribution in [1.29, 1.82) is 0 Å². The minimum absolute atomic E-state index is 0.348. The maximum atomic E-state index is 4.68. The SMILES string of the molecule is CCCC(c1ccc(/C=N/OC)cc1)n1ccnc1. The molecule has 1 atom stereocenters. The fraction of sp³-hybridized carbons (Fsp3) is 0.333. The van der Waals surface area contributed by atoms with Gasteiger partial charge in [0.05, 0.1) is 18.6 Å². The van der Waals surface area contributed by atoms with Gasteiger partial charge in [0.15, 0.2) is 0 Å². The summed E-state index contributed by atoms with van der Waals surface area (Å²) in [7, 11) is 1.54. The van der Waals surface area contributed by atoms with Crippen LogP contribution in [0.5, 0.6) is 0 Å². The molecule has 0 aliphatic rings. The van der Waals surface area contributed by atoms with Crippen molar-refractivity contribution in [3.05, 3.63) is 54.1 Å². The molecule has 0 fully saturated rings. The molecule has 2 rings (SSSR count). The number of oxime groups is 1. The Morgan fingerprint density at radius 2 is 2.16 bits per heavy atom. The number of nitrogens with zero attached hydrogens (tertiary/aromatic N) is 3. The van der Waals surface area contributed by atoms with Gasteiger partial charge in [-0.2, -0.15) is 0 Å². The van der Waals surface area contributed by atoms with Crippen LogP contribution in [0.3, 0.4) is 0 Å². The molecule has 0 saturated heterocycles. The monoisotopic (exact) mass is 257 g/mol. The van der Waals surface area contributed by atoms with Crippen LogP contribution in [0.1, 0.15) is 36.9 Å². The third-order valence-electron chi connectivity index (χ3n) is 3.08. The second-order valence-electron chi connectivity index (χ2n) is 4.40. The second-order valence-corrected chi connectivity index (χ2v) is 4.40. The minimum Gasteiger partial charge on any atom is -0.399 e. The van der Waals surface area contributed by atoms with Crippen molar-refractivity contribution in [2.45, 2.75) is 25.8 Å². The van der Waals surface area contributed by atoms with Crippen LogP contribution in [0.25, 0.3) is 0 Å². The summed E-state index contributed by atoms with van der Waals surface area (Å²) in [6.07, 6.45) is 9.65. The Labute approximate surface area is 113 Å². The quantitative estimate of drug-likeness (QED) is 0.588. The van der Waals surface area contributed by atoms with E-state index in [2.05, 4.69) is 50.7 Å². The Hall–Kier alpha value is -2.10. The van der Waals surface area contributed by atoms with Crippen LogP contribution < -0.4 is 0 Å². The van der Waals surface area contributed by atoms with E-state index in [1.165, 1.54) is 5.56 Å². The highest BCUT2D eigenvalue weighted by molar-refractivity contribution is 5.79. The average Bonchev–Trinajstić information content (AvgIpc) is 2.97. The van der Waals surface area contributed by atoms with E-state index in [0.29, 0.717) is 6.04 Å². The van der Waals surface area contributed by atoms with E-state index in [4.69, 9.17) is 0 Å². The fourth-order valence-electron chi connectivity index (χ4n) is 2.13. The summed E-state index contributed by atoms with van der Waals surface area (Å²) in [5.41, 5.74) is 2.32. The highest BCUT2D eigenvalue weighted by atomic mass is 16.6. The first-order valence-electron chi connectivity index (χ1n) is 6.49. The lowest BCUT2D eigenvalue weighted by Gasteiger charge is -2.18. The molecule has 0 bridgehead atoms. The van der Waals surface area contributed by atoms with Crippen molar-refractivity contribution >= 4 is 6.21 Å². The van der Waals surface area contributed by atoms with E-state index in [-0.39, 0.29) is 0 Å². The van der Waals surface area contributed by atoms with E-state index < -0.39 is 0 Å². The second kappa shape index (κ2) is 6.73. The zero-order valence-electron chi connectivity index (χ0n) is 11.4. The zero-order valence-corrected chi connectivity index (χ0v) is 11.4. The lowest BCUT2D eigenvalue weighted by Crippen LogP contribution is -2.08. The standard InChI is InChI=1S/C15H19N3O/c1-3-4-15(18-10-9-16-12-18)14-7-5-13(6-8-14)11-17-19-2/h5-12,15H,3-4H2,1-2H3/b17-11+. The van der Waals surface area contributed by atoms with E-state index in [0.717, 1.165) is 18.4 Å². The van der Waals surface area contributed by atoms with Gasteiger partial charge in [-0.1, -0.05) is 42.8 Å². The number of hydrogen-bond donors (Lipinski definition) is 0. The Kier molecular flexibility index (Phi) is 4.72. The molecule has 0 spiro atoms. The molecule has 1 unspecified atom stereocenters. The molecule has 0 amide bonds. The molecule has 4 heteroatoms. The number of rotatable bonds is 6. The molecule has 0 aliphatic carbocycles. The first-order chi connectivity index (χ1) is 9.35. The molecule has 0 saturated carbocycles. The fourth-order valence-corrected chi connectivity index (χ4v) is 2.13. The summed E-state index contributed by atoms with van der Waals surface area (Å²) in [6.45, 7) is 2.20. The number of hydrogen-bond acceptors (Lipinski definition) is 3. The lowest BCUT2D eigenvalue weighted by atomic mass is 10.0.